The SMILES string of the molecule is COCCN1C(=S)N[C@@H](c2ccccn2)[C@H]1c1ccc(C)n1-c1ccc(OC)cc1. The van der Waals surface area contributed by atoms with Crippen molar-refractivity contribution in [1.29, 1.82) is 0 Å². The Kier molecular flexibility index (Phi) is 6.01. The van der Waals surface area contributed by atoms with Gasteiger partial charge in [-0.15, -0.1) is 0 Å². The Balaban J connectivity index is 1.81. The predicted molar refractivity (Wildman–Crippen MR) is 121 cm³/mol. The van der Waals surface area contributed by atoms with Gasteiger partial charge in [-0.1, -0.05) is 6.07 Å². The summed E-state index contributed by atoms with van der Waals surface area (Å²) in [5.41, 5.74) is 4.35. The maximum absolute atomic E-state index is 5.71. The van der Waals surface area contributed by atoms with Crippen LogP contribution in [-0.4, -0.2) is 46.9 Å². The first-order valence-electron chi connectivity index (χ1n) is 9.93. The topological polar surface area (TPSA) is 51.5 Å². The van der Waals surface area contributed by atoms with Gasteiger partial charge >= 0.3 is 0 Å². The Labute approximate surface area is 182 Å². The average Bonchev–Trinajstić information content (AvgIpc) is 3.32. The Morgan fingerprint density at radius 3 is 2.53 bits per heavy atom. The number of hydrogen-bond acceptors (Lipinski definition) is 4. The van der Waals surface area contributed by atoms with Crippen LogP contribution in [0.3, 0.4) is 0 Å². The summed E-state index contributed by atoms with van der Waals surface area (Å²) >= 11 is 5.71. The fourth-order valence-electron chi connectivity index (χ4n) is 4.03. The van der Waals surface area contributed by atoms with Crippen molar-refractivity contribution in [2.45, 2.75) is 19.0 Å². The number of methoxy groups -OCH3 is 2. The number of nitrogens with zero attached hydrogens (tertiary/aromatic N) is 3. The molecule has 1 aromatic carbocycles. The molecule has 2 atom stereocenters. The van der Waals surface area contributed by atoms with E-state index in [0.29, 0.717) is 18.3 Å². The molecule has 30 heavy (non-hydrogen) atoms. The van der Waals surface area contributed by atoms with Crippen molar-refractivity contribution in [2.24, 2.45) is 0 Å². The van der Waals surface area contributed by atoms with Crippen molar-refractivity contribution in [3.05, 3.63) is 77.9 Å². The Hall–Kier alpha value is -2.90. The number of rotatable bonds is 7. The van der Waals surface area contributed by atoms with E-state index >= 15 is 0 Å². The molecule has 2 aromatic heterocycles. The van der Waals surface area contributed by atoms with Gasteiger partial charge in [0.25, 0.3) is 0 Å². The first-order valence-corrected chi connectivity index (χ1v) is 10.3. The van der Waals surface area contributed by atoms with Crippen LogP contribution >= 0.6 is 12.2 Å². The quantitative estimate of drug-likeness (QED) is 0.585. The maximum Gasteiger partial charge on any atom is 0.170 e. The summed E-state index contributed by atoms with van der Waals surface area (Å²) in [6, 6.07) is 18.3. The average molecular weight is 423 g/mol. The highest BCUT2D eigenvalue weighted by molar-refractivity contribution is 7.80. The molecule has 0 saturated carbocycles. The summed E-state index contributed by atoms with van der Waals surface area (Å²) in [7, 11) is 3.39. The second-order valence-electron chi connectivity index (χ2n) is 7.25. The van der Waals surface area contributed by atoms with Crippen LogP contribution in [0.4, 0.5) is 0 Å². The summed E-state index contributed by atoms with van der Waals surface area (Å²) in [4.78, 5) is 6.81. The molecule has 1 fully saturated rings. The zero-order valence-electron chi connectivity index (χ0n) is 17.4. The van der Waals surface area contributed by atoms with Gasteiger partial charge in [0.15, 0.2) is 5.11 Å². The van der Waals surface area contributed by atoms with Gasteiger partial charge in [-0.3, -0.25) is 4.98 Å². The molecular weight excluding hydrogens is 396 g/mol. The molecule has 7 heteroatoms. The zero-order chi connectivity index (χ0) is 21.1. The fourth-order valence-corrected chi connectivity index (χ4v) is 4.36. The molecule has 4 rings (SSSR count). The van der Waals surface area contributed by atoms with Crippen LogP contribution in [0.25, 0.3) is 5.69 Å². The summed E-state index contributed by atoms with van der Waals surface area (Å²) in [5.74, 6) is 0.835. The molecule has 156 valence electrons. The summed E-state index contributed by atoms with van der Waals surface area (Å²) in [6.07, 6.45) is 1.82. The molecule has 0 aliphatic carbocycles. The molecule has 0 bridgehead atoms. The van der Waals surface area contributed by atoms with Crippen molar-refractivity contribution < 1.29 is 9.47 Å². The van der Waals surface area contributed by atoms with E-state index < -0.39 is 0 Å². The van der Waals surface area contributed by atoms with Crippen LogP contribution in [0.2, 0.25) is 0 Å². The second kappa shape index (κ2) is 8.85. The van der Waals surface area contributed by atoms with E-state index in [-0.39, 0.29) is 12.1 Å². The van der Waals surface area contributed by atoms with E-state index in [4.69, 9.17) is 21.7 Å². The van der Waals surface area contributed by atoms with E-state index in [1.54, 1.807) is 14.2 Å². The summed E-state index contributed by atoms with van der Waals surface area (Å²) < 4.78 is 13.0. The zero-order valence-corrected chi connectivity index (χ0v) is 18.2. The largest absolute Gasteiger partial charge is 0.497 e. The van der Waals surface area contributed by atoms with Crippen molar-refractivity contribution in [2.75, 3.05) is 27.4 Å². The molecular formula is C23H26N4O2S. The van der Waals surface area contributed by atoms with Gasteiger partial charge in [-0.2, -0.15) is 0 Å². The van der Waals surface area contributed by atoms with Crippen LogP contribution in [0.5, 0.6) is 5.75 Å². The van der Waals surface area contributed by atoms with E-state index in [2.05, 4.69) is 51.0 Å². The van der Waals surface area contributed by atoms with Gasteiger partial charge < -0.3 is 24.3 Å². The number of hydrogen-bond donors (Lipinski definition) is 1. The molecule has 3 heterocycles. The molecule has 1 aliphatic rings. The molecule has 0 radical (unpaired) electrons. The van der Waals surface area contributed by atoms with Crippen molar-refractivity contribution in [3.63, 3.8) is 0 Å². The third-order valence-electron chi connectivity index (χ3n) is 5.47. The predicted octanol–water partition coefficient (Wildman–Crippen LogP) is 3.81. The lowest BCUT2D eigenvalue weighted by Gasteiger charge is -2.29. The van der Waals surface area contributed by atoms with E-state index in [1.807, 2.05) is 36.5 Å². The summed E-state index contributed by atoms with van der Waals surface area (Å²) in [5, 5.41) is 4.21. The highest BCUT2D eigenvalue weighted by atomic mass is 32.1. The number of aromatic nitrogens is 2. The Morgan fingerprint density at radius 2 is 1.87 bits per heavy atom. The fraction of sp³-hybridized carbons (Fsp3) is 0.304. The van der Waals surface area contributed by atoms with Crippen LogP contribution < -0.4 is 10.1 Å². The Morgan fingerprint density at radius 1 is 1.07 bits per heavy atom. The highest BCUT2D eigenvalue weighted by Gasteiger charge is 2.41. The normalized spacial score (nSPS) is 18.5. The number of ether oxygens (including phenoxy) is 2. The first kappa shape index (κ1) is 20.4. The minimum atomic E-state index is -0.0538. The smallest absolute Gasteiger partial charge is 0.170 e. The number of nitrogens with one attached hydrogen (secondary N) is 1. The number of pyridine rings is 1. The monoisotopic (exact) mass is 422 g/mol. The lowest BCUT2D eigenvalue weighted by Crippen LogP contribution is -2.33. The lowest BCUT2D eigenvalue weighted by atomic mass is 10.0. The second-order valence-corrected chi connectivity index (χ2v) is 7.63. The van der Waals surface area contributed by atoms with Gasteiger partial charge in [0.2, 0.25) is 0 Å². The van der Waals surface area contributed by atoms with Gasteiger partial charge in [0.05, 0.1) is 31.5 Å². The molecule has 0 spiro atoms. The molecule has 1 N–H and O–H groups in total. The van der Waals surface area contributed by atoms with Gasteiger partial charge in [-0.25, -0.2) is 0 Å². The lowest BCUT2D eigenvalue weighted by molar-refractivity contribution is 0.163. The third-order valence-corrected chi connectivity index (χ3v) is 5.83. The molecule has 0 unspecified atom stereocenters. The van der Waals surface area contributed by atoms with E-state index in [0.717, 1.165) is 28.5 Å². The van der Waals surface area contributed by atoms with E-state index in [1.165, 1.54) is 0 Å². The van der Waals surface area contributed by atoms with Crippen LogP contribution in [-0.2, 0) is 4.74 Å². The number of thiocarbonyl (C=S) groups is 1. The third kappa shape index (κ3) is 3.78. The van der Waals surface area contributed by atoms with Gasteiger partial charge in [0, 0.05) is 36.9 Å². The van der Waals surface area contributed by atoms with Crippen molar-refractivity contribution >= 4 is 17.3 Å². The molecule has 1 saturated heterocycles. The molecule has 0 amide bonds. The van der Waals surface area contributed by atoms with Crippen LogP contribution in [0.15, 0.2) is 60.8 Å². The van der Waals surface area contributed by atoms with Gasteiger partial charge in [0.1, 0.15) is 5.75 Å². The van der Waals surface area contributed by atoms with Gasteiger partial charge in [-0.05, 0) is 67.7 Å². The Bertz CT molecular complexity index is 1000. The van der Waals surface area contributed by atoms with Crippen molar-refractivity contribution in [3.8, 4) is 11.4 Å². The number of aryl methyl sites for hydroxylation is 1. The minimum Gasteiger partial charge on any atom is -0.497 e. The molecule has 6 nitrogen and oxygen atoms in total. The highest BCUT2D eigenvalue weighted by Crippen LogP contribution is 2.40. The van der Waals surface area contributed by atoms with Crippen molar-refractivity contribution in [1.82, 2.24) is 19.8 Å². The first-order chi connectivity index (χ1) is 14.6. The minimum absolute atomic E-state index is 0.0154. The van der Waals surface area contributed by atoms with Crippen LogP contribution in [0, 0.1) is 6.92 Å². The standard InChI is InChI=1S/C23H26N4O2S/c1-16-7-12-20(27(16)17-8-10-18(29-3)11-9-17)22-21(19-6-4-5-13-24-19)25-23(30)26(22)14-15-28-2/h4-13,21-22H,14-15H2,1-3H3,(H,25,30)/t21-,22+/m0/s1. The molecule has 1 aliphatic heterocycles. The summed E-state index contributed by atoms with van der Waals surface area (Å²) in [6.45, 7) is 3.41. The van der Waals surface area contributed by atoms with Crippen LogP contribution in [0.1, 0.15) is 29.2 Å². The molecule has 3 aromatic rings. The number of benzene rings is 1. The maximum atomic E-state index is 5.71. The van der Waals surface area contributed by atoms with E-state index in [9.17, 15) is 0 Å².